The molecule has 0 aliphatic heterocycles. The molecule has 0 unspecified atom stereocenters. The SMILES string of the molecule is c1ccc(-n2c3ccccc3c3ccc(-c4ccc5sc6ccc(-c7nc8c9c(cccc9n7)-c7ccccc7-8)cc6c5c4)cc32)cc1. The molecule has 3 heterocycles. The topological polar surface area (TPSA) is 30.7 Å². The molecule has 7 aromatic carbocycles. The van der Waals surface area contributed by atoms with Gasteiger partial charge in [0.15, 0.2) is 5.82 Å². The summed E-state index contributed by atoms with van der Waals surface area (Å²) in [4.78, 5) is 10.3. The van der Waals surface area contributed by atoms with Crippen LogP contribution in [0.2, 0.25) is 0 Å². The second kappa shape index (κ2) is 9.71. The Morgan fingerprint density at radius 3 is 1.98 bits per heavy atom. The molecule has 4 heteroatoms. The van der Waals surface area contributed by atoms with Gasteiger partial charge in [-0.2, -0.15) is 0 Å². The molecule has 10 aromatic rings. The highest BCUT2D eigenvalue weighted by molar-refractivity contribution is 7.25. The van der Waals surface area contributed by atoms with E-state index in [9.17, 15) is 0 Å². The number of rotatable bonds is 3. The third-order valence-corrected chi connectivity index (χ3v) is 11.1. The molecular weight excluding hydrogens is 603 g/mol. The van der Waals surface area contributed by atoms with Crippen LogP contribution in [0.4, 0.5) is 0 Å². The first-order valence-electron chi connectivity index (χ1n) is 16.2. The molecule has 0 saturated carbocycles. The van der Waals surface area contributed by atoms with Crippen LogP contribution in [-0.4, -0.2) is 14.5 Å². The molecular formula is C44H25N3S. The Balaban J connectivity index is 1.08. The molecule has 1 aliphatic carbocycles. The van der Waals surface area contributed by atoms with E-state index in [1.54, 1.807) is 0 Å². The predicted octanol–water partition coefficient (Wildman–Crippen LogP) is 12.1. The third-order valence-electron chi connectivity index (χ3n) is 9.94. The molecule has 0 radical (unpaired) electrons. The Bertz CT molecular complexity index is 2950. The number of para-hydroxylation sites is 2. The van der Waals surface area contributed by atoms with Crippen LogP contribution >= 0.6 is 11.3 Å². The highest BCUT2D eigenvalue weighted by Crippen LogP contribution is 2.46. The van der Waals surface area contributed by atoms with Crippen LogP contribution in [0.25, 0.3) is 103 Å². The van der Waals surface area contributed by atoms with Crippen LogP contribution in [0.3, 0.4) is 0 Å². The zero-order chi connectivity index (χ0) is 31.3. The molecule has 0 atom stereocenters. The van der Waals surface area contributed by atoms with Crippen molar-refractivity contribution in [3.05, 3.63) is 152 Å². The van der Waals surface area contributed by atoms with Gasteiger partial charge in [0.2, 0.25) is 0 Å². The molecule has 0 saturated heterocycles. The van der Waals surface area contributed by atoms with Gasteiger partial charge in [-0.25, -0.2) is 9.97 Å². The first kappa shape index (κ1) is 26.0. The van der Waals surface area contributed by atoms with Crippen LogP contribution < -0.4 is 0 Å². The molecule has 3 aromatic heterocycles. The normalized spacial score (nSPS) is 12.2. The summed E-state index contributed by atoms with van der Waals surface area (Å²) in [5, 5.41) is 6.18. The molecule has 3 nitrogen and oxygen atoms in total. The van der Waals surface area contributed by atoms with Gasteiger partial charge in [0.25, 0.3) is 0 Å². The summed E-state index contributed by atoms with van der Waals surface area (Å²) in [5.74, 6) is 0.767. The minimum absolute atomic E-state index is 0.767. The van der Waals surface area contributed by atoms with E-state index in [-0.39, 0.29) is 0 Å². The highest BCUT2D eigenvalue weighted by atomic mass is 32.1. The van der Waals surface area contributed by atoms with Gasteiger partial charge in [-0.3, -0.25) is 0 Å². The van der Waals surface area contributed by atoms with Crippen molar-refractivity contribution in [1.82, 2.24) is 14.5 Å². The van der Waals surface area contributed by atoms with Crippen molar-refractivity contribution in [3.8, 4) is 50.6 Å². The van der Waals surface area contributed by atoms with Crippen molar-refractivity contribution in [1.29, 1.82) is 0 Å². The summed E-state index contributed by atoms with van der Waals surface area (Å²) in [6.45, 7) is 0. The van der Waals surface area contributed by atoms with Gasteiger partial charge in [0, 0.05) is 53.1 Å². The van der Waals surface area contributed by atoms with E-state index in [1.165, 1.54) is 75.5 Å². The van der Waals surface area contributed by atoms with E-state index in [0.29, 0.717) is 0 Å². The van der Waals surface area contributed by atoms with E-state index >= 15 is 0 Å². The van der Waals surface area contributed by atoms with Crippen LogP contribution in [0, 0.1) is 0 Å². The minimum Gasteiger partial charge on any atom is -0.309 e. The summed E-state index contributed by atoms with van der Waals surface area (Å²) in [6, 6.07) is 54.8. The van der Waals surface area contributed by atoms with E-state index < -0.39 is 0 Å². The molecule has 0 N–H and O–H groups in total. The number of fused-ring (bicyclic) bond motifs is 9. The maximum atomic E-state index is 5.19. The Labute approximate surface area is 280 Å². The summed E-state index contributed by atoms with van der Waals surface area (Å²) in [6.07, 6.45) is 0. The molecule has 0 fully saturated rings. The van der Waals surface area contributed by atoms with Gasteiger partial charge in [0.05, 0.1) is 22.2 Å². The fourth-order valence-corrected chi connectivity index (χ4v) is 8.82. The average Bonchev–Trinajstić information content (AvgIpc) is 3.80. The van der Waals surface area contributed by atoms with Crippen molar-refractivity contribution < 1.29 is 0 Å². The number of aromatic nitrogens is 3. The number of thiophene rings is 1. The van der Waals surface area contributed by atoms with E-state index in [1.807, 2.05) is 11.3 Å². The van der Waals surface area contributed by atoms with E-state index in [0.717, 1.165) is 28.0 Å². The number of benzene rings is 7. The van der Waals surface area contributed by atoms with Crippen LogP contribution in [0.5, 0.6) is 0 Å². The quantitative estimate of drug-likeness (QED) is 0.195. The molecule has 48 heavy (non-hydrogen) atoms. The van der Waals surface area contributed by atoms with E-state index in [2.05, 4.69) is 156 Å². The van der Waals surface area contributed by atoms with Gasteiger partial charge < -0.3 is 4.57 Å². The highest BCUT2D eigenvalue weighted by Gasteiger charge is 2.24. The fourth-order valence-electron chi connectivity index (χ4n) is 7.76. The maximum absolute atomic E-state index is 5.19. The third kappa shape index (κ3) is 3.63. The molecule has 0 spiro atoms. The lowest BCUT2D eigenvalue weighted by molar-refractivity contribution is 1.18. The van der Waals surface area contributed by atoms with Gasteiger partial charge in [-0.15, -0.1) is 11.3 Å². The van der Waals surface area contributed by atoms with Gasteiger partial charge in [0.1, 0.15) is 0 Å². The van der Waals surface area contributed by atoms with Crippen LogP contribution in [-0.2, 0) is 0 Å². The Morgan fingerprint density at radius 1 is 0.438 bits per heavy atom. The summed E-state index contributed by atoms with van der Waals surface area (Å²) in [7, 11) is 0. The number of hydrogen-bond acceptors (Lipinski definition) is 3. The summed E-state index contributed by atoms with van der Waals surface area (Å²) >= 11 is 1.84. The molecule has 1 aliphatic rings. The largest absolute Gasteiger partial charge is 0.309 e. The van der Waals surface area contributed by atoms with Crippen molar-refractivity contribution in [2.45, 2.75) is 0 Å². The minimum atomic E-state index is 0.767. The second-order valence-corrected chi connectivity index (χ2v) is 13.7. The van der Waals surface area contributed by atoms with Crippen molar-refractivity contribution in [3.63, 3.8) is 0 Å². The first-order chi connectivity index (χ1) is 23.8. The fraction of sp³-hybridized carbons (Fsp3) is 0. The smallest absolute Gasteiger partial charge is 0.160 e. The van der Waals surface area contributed by atoms with Crippen LogP contribution in [0.1, 0.15) is 0 Å². The predicted molar refractivity (Wildman–Crippen MR) is 202 cm³/mol. The average molecular weight is 628 g/mol. The summed E-state index contributed by atoms with van der Waals surface area (Å²) in [5.41, 5.74) is 12.7. The molecule has 0 bridgehead atoms. The Kier molecular flexibility index (Phi) is 5.26. The standard InChI is InChI=1S/C44H25N3S/c1-2-9-29(10-3-1)47-38-16-7-6-12-31(38)32-20-17-27(25-39(32)47)26-18-21-40-35(23-26)36-24-28(19-22-41(36)48-40)44-45-37-15-8-14-33-30-11-4-5-13-34(30)43(46-44)42(33)37/h1-25H. The first-order valence-corrected chi connectivity index (χ1v) is 17.1. The monoisotopic (exact) mass is 627 g/mol. The van der Waals surface area contributed by atoms with Crippen LogP contribution in [0.15, 0.2) is 152 Å². The maximum Gasteiger partial charge on any atom is 0.160 e. The molecule has 222 valence electrons. The number of nitrogens with zero attached hydrogens (tertiary/aromatic N) is 3. The van der Waals surface area contributed by atoms with Crippen molar-refractivity contribution in [2.24, 2.45) is 0 Å². The van der Waals surface area contributed by atoms with Crippen molar-refractivity contribution >= 4 is 64.2 Å². The van der Waals surface area contributed by atoms with Gasteiger partial charge in [-0.1, -0.05) is 91.0 Å². The lowest BCUT2D eigenvalue weighted by Crippen LogP contribution is -1.93. The molecule has 11 rings (SSSR count). The second-order valence-electron chi connectivity index (χ2n) is 12.6. The summed E-state index contributed by atoms with van der Waals surface area (Å²) < 4.78 is 4.93. The zero-order valence-corrected chi connectivity index (χ0v) is 26.5. The van der Waals surface area contributed by atoms with Gasteiger partial charge in [-0.05, 0) is 82.9 Å². The molecule has 0 amide bonds. The number of hydrogen-bond donors (Lipinski definition) is 0. The van der Waals surface area contributed by atoms with Gasteiger partial charge >= 0.3 is 0 Å². The zero-order valence-electron chi connectivity index (χ0n) is 25.7. The lowest BCUT2D eigenvalue weighted by Gasteiger charge is -2.09. The lowest BCUT2D eigenvalue weighted by atomic mass is 10.0. The Morgan fingerprint density at radius 2 is 1.10 bits per heavy atom. The van der Waals surface area contributed by atoms with E-state index in [4.69, 9.17) is 9.97 Å². The Hall–Kier alpha value is -6.10. The van der Waals surface area contributed by atoms with Crippen molar-refractivity contribution in [2.75, 3.05) is 0 Å².